The average Bonchev–Trinajstić information content (AvgIpc) is 3.01. The summed E-state index contributed by atoms with van der Waals surface area (Å²) in [5, 5.41) is 22.9. The summed E-state index contributed by atoms with van der Waals surface area (Å²) in [6.07, 6.45) is 44.0. The predicted molar refractivity (Wildman–Crippen MR) is 189 cm³/mol. The van der Waals surface area contributed by atoms with Crippen LogP contribution in [0.4, 0.5) is 0 Å². The molecule has 0 aromatic rings. The molecule has 254 valence electrons. The van der Waals surface area contributed by atoms with Crippen molar-refractivity contribution in [3.8, 4) is 0 Å². The largest absolute Gasteiger partial charge is 0.394 e. The van der Waals surface area contributed by atoms with Crippen molar-refractivity contribution >= 4 is 5.91 Å². The highest BCUT2D eigenvalue weighted by atomic mass is 16.3. The van der Waals surface area contributed by atoms with Crippen LogP contribution in [0.15, 0.2) is 24.3 Å². The third-order valence-corrected chi connectivity index (χ3v) is 8.68. The lowest BCUT2D eigenvalue weighted by molar-refractivity contribution is -0.123. The van der Waals surface area contributed by atoms with Crippen molar-refractivity contribution in [1.82, 2.24) is 5.32 Å². The lowest BCUT2D eigenvalue weighted by atomic mass is 10.0. The standard InChI is InChI=1S/C39H75NO3/c1-3-5-7-9-11-13-15-17-19-20-21-22-24-26-28-30-32-34-38(42)37(36-41)40-39(43)35-33-31-29-27-25-23-18-16-14-12-10-8-6-4-2/h16,18,32,34,37-38,41-42H,3-15,17,19-31,33,35-36H2,1-2H3,(H,40,43)/b18-16+,34-32+/t37-,38+/m0/s1. The van der Waals surface area contributed by atoms with Crippen molar-refractivity contribution < 1.29 is 15.0 Å². The molecule has 0 saturated heterocycles. The highest BCUT2D eigenvalue weighted by Crippen LogP contribution is 2.14. The van der Waals surface area contributed by atoms with E-state index in [1.165, 1.54) is 148 Å². The number of hydrogen-bond donors (Lipinski definition) is 3. The van der Waals surface area contributed by atoms with Crippen LogP contribution in [0.1, 0.15) is 200 Å². The van der Waals surface area contributed by atoms with Crippen LogP contribution in [0.2, 0.25) is 0 Å². The Balaban J connectivity index is 3.62. The van der Waals surface area contributed by atoms with Crippen molar-refractivity contribution in [1.29, 1.82) is 0 Å². The van der Waals surface area contributed by atoms with Crippen LogP contribution in [-0.2, 0) is 4.79 Å². The van der Waals surface area contributed by atoms with Gasteiger partial charge < -0.3 is 15.5 Å². The summed E-state index contributed by atoms with van der Waals surface area (Å²) in [6, 6.07) is -0.622. The molecule has 0 radical (unpaired) electrons. The van der Waals surface area contributed by atoms with Gasteiger partial charge in [0, 0.05) is 6.42 Å². The van der Waals surface area contributed by atoms with Gasteiger partial charge in [0.1, 0.15) is 0 Å². The Morgan fingerprint density at radius 3 is 1.28 bits per heavy atom. The second-order valence-corrected chi connectivity index (χ2v) is 13.0. The first kappa shape index (κ1) is 41.9. The Hall–Kier alpha value is -1.13. The van der Waals surface area contributed by atoms with Gasteiger partial charge in [-0.25, -0.2) is 0 Å². The Morgan fingerprint density at radius 1 is 0.535 bits per heavy atom. The molecule has 0 saturated carbocycles. The van der Waals surface area contributed by atoms with E-state index in [0.29, 0.717) is 6.42 Å². The summed E-state index contributed by atoms with van der Waals surface area (Å²) in [5.74, 6) is -0.0734. The van der Waals surface area contributed by atoms with Crippen molar-refractivity contribution in [3.05, 3.63) is 24.3 Å². The molecule has 0 aliphatic carbocycles. The van der Waals surface area contributed by atoms with E-state index in [9.17, 15) is 15.0 Å². The van der Waals surface area contributed by atoms with Gasteiger partial charge in [0.2, 0.25) is 5.91 Å². The van der Waals surface area contributed by atoms with Crippen molar-refractivity contribution in [2.45, 2.75) is 212 Å². The first-order valence-corrected chi connectivity index (χ1v) is 19.1. The summed E-state index contributed by atoms with van der Waals surface area (Å²) in [6.45, 7) is 4.29. The fourth-order valence-corrected chi connectivity index (χ4v) is 5.70. The number of unbranched alkanes of at least 4 members (excludes halogenated alkanes) is 25. The Morgan fingerprint density at radius 2 is 0.884 bits per heavy atom. The normalized spacial score (nSPS) is 13.3. The number of carbonyl (C=O) groups is 1. The van der Waals surface area contributed by atoms with Crippen LogP contribution in [0.5, 0.6) is 0 Å². The maximum atomic E-state index is 12.3. The Bertz CT molecular complexity index is 618. The highest BCUT2D eigenvalue weighted by Gasteiger charge is 2.17. The molecule has 4 nitrogen and oxygen atoms in total. The predicted octanol–water partition coefficient (Wildman–Crippen LogP) is 11.3. The molecule has 0 aromatic carbocycles. The van der Waals surface area contributed by atoms with E-state index in [2.05, 4.69) is 31.3 Å². The fraction of sp³-hybridized carbons (Fsp3) is 0.872. The van der Waals surface area contributed by atoms with Gasteiger partial charge in [-0.1, -0.05) is 173 Å². The van der Waals surface area contributed by atoms with Crippen LogP contribution in [0.25, 0.3) is 0 Å². The van der Waals surface area contributed by atoms with Gasteiger partial charge in [0.05, 0.1) is 18.8 Å². The topological polar surface area (TPSA) is 69.6 Å². The van der Waals surface area contributed by atoms with E-state index in [-0.39, 0.29) is 12.5 Å². The van der Waals surface area contributed by atoms with Gasteiger partial charge in [-0.15, -0.1) is 0 Å². The number of amides is 1. The Kier molecular flexibility index (Phi) is 34.4. The van der Waals surface area contributed by atoms with E-state index < -0.39 is 12.1 Å². The first-order chi connectivity index (χ1) is 21.2. The summed E-state index contributed by atoms with van der Waals surface area (Å²) in [7, 11) is 0. The zero-order valence-corrected chi connectivity index (χ0v) is 29.0. The third-order valence-electron chi connectivity index (χ3n) is 8.68. The van der Waals surface area contributed by atoms with Gasteiger partial charge in [-0.3, -0.25) is 4.79 Å². The third kappa shape index (κ3) is 32.1. The number of nitrogens with one attached hydrogen (secondary N) is 1. The summed E-state index contributed by atoms with van der Waals surface area (Å²) in [5.41, 5.74) is 0. The summed E-state index contributed by atoms with van der Waals surface area (Å²) in [4.78, 5) is 12.3. The zero-order chi connectivity index (χ0) is 31.5. The van der Waals surface area contributed by atoms with Crippen molar-refractivity contribution in [2.24, 2.45) is 0 Å². The van der Waals surface area contributed by atoms with Crippen molar-refractivity contribution in [3.63, 3.8) is 0 Å². The fourth-order valence-electron chi connectivity index (χ4n) is 5.70. The van der Waals surface area contributed by atoms with Gasteiger partial charge in [0.15, 0.2) is 0 Å². The molecule has 3 N–H and O–H groups in total. The van der Waals surface area contributed by atoms with Gasteiger partial charge >= 0.3 is 0 Å². The monoisotopic (exact) mass is 606 g/mol. The molecule has 0 aliphatic rings. The van der Waals surface area contributed by atoms with E-state index in [1.807, 2.05) is 6.08 Å². The van der Waals surface area contributed by atoms with E-state index >= 15 is 0 Å². The molecule has 0 aromatic heterocycles. The molecule has 0 heterocycles. The van der Waals surface area contributed by atoms with E-state index in [0.717, 1.165) is 32.1 Å². The van der Waals surface area contributed by atoms with Gasteiger partial charge in [0.25, 0.3) is 0 Å². The molecular weight excluding hydrogens is 530 g/mol. The molecule has 43 heavy (non-hydrogen) atoms. The molecule has 4 heteroatoms. The number of allylic oxidation sites excluding steroid dienone is 3. The summed E-state index contributed by atoms with van der Waals surface area (Å²) >= 11 is 0. The van der Waals surface area contributed by atoms with Gasteiger partial charge in [-0.2, -0.15) is 0 Å². The molecule has 0 rings (SSSR count). The molecule has 2 atom stereocenters. The van der Waals surface area contributed by atoms with Crippen LogP contribution in [-0.4, -0.2) is 34.9 Å². The number of rotatable bonds is 34. The minimum absolute atomic E-state index is 0.0734. The number of carbonyl (C=O) groups excluding carboxylic acids is 1. The summed E-state index contributed by atoms with van der Waals surface area (Å²) < 4.78 is 0. The lowest BCUT2D eigenvalue weighted by Crippen LogP contribution is -2.45. The molecule has 0 spiro atoms. The zero-order valence-electron chi connectivity index (χ0n) is 29.0. The number of hydrogen-bond acceptors (Lipinski definition) is 3. The molecule has 0 aliphatic heterocycles. The van der Waals surface area contributed by atoms with Crippen LogP contribution < -0.4 is 5.32 Å². The van der Waals surface area contributed by atoms with E-state index in [4.69, 9.17) is 0 Å². The van der Waals surface area contributed by atoms with E-state index in [1.54, 1.807) is 6.08 Å². The van der Waals surface area contributed by atoms with Crippen LogP contribution in [0, 0.1) is 0 Å². The smallest absolute Gasteiger partial charge is 0.220 e. The molecular formula is C39H75NO3. The number of aliphatic hydroxyl groups is 2. The highest BCUT2D eigenvalue weighted by molar-refractivity contribution is 5.76. The maximum absolute atomic E-state index is 12.3. The van der Waals surface area contributed by atoms with Crippen LogP contribution >= 0.6 is 0 Å². The minimum atomic E-state index is -0.838. The molecule has 0 bridgehead atoms. The molecule has 0 unspecified atom stereocenters. The average molecular weight is 606 g/mol. The Labute approximate surface area is 269 Å². The first-order valence-electron chi connectivity index (χ1n) is 19.1. The lowest BCUT2D eigenvalue weighted by Gasteiger charge is -2.20. The maximum Gasteiger partial charge on any atom is 0.220 e. The van der Waals surface area contributed by atoms with Crippen LogP contribution in [0.3, 0.4) is 0 Å². The second-order valence-electron chi connectivity index (χ2n) is 13.0. The quantitative estimate of drug-likeness (QED) is 0.0505. The second kappa shape index (κ2) is 35.4. The molecule has 0 fully saturated rings. The SMILES string of the molecule is CCCCCCC/C=C/CCCCCCCC(=O)N[C@@H](CO)[C@H](O)/C=C/CCCCCCCCCCCCCCCCC. The minimum Gasteiger partial charge on any atom is -0.394 e. The van der Waals surface area contributed by atoms with Crippen molar-refractivity contribution in [2.75, 3.05) is 6.61 Å². The number of aliphatic hydroxyl groups excluding tert-OH is 2. The molecule has 1 amide bonds. The van der Waals surface area contributed by atoms with Gasteiger partial charge in [-0.05, 0) is 44.9 Å².